The zero-order valence-corrected chi connectivity index (χ0v) is 17.1. The summed E-state index contributed by atoms with van der Waals surface area (Å²) >= 11 is 12.2. The first kappa shape index (κ1) is 22.7. The molecule has 0 aliphatic heterocycles. The highest BCUT2D eigenvalue weighted by Crippen LogP contribution is 2.35. The Morgan fingerprint density at radius 2 is 1.65 bits per heavy atom. The maximum absolute atomic E-state index is 12.3. The summed E-state index contributed by atoms with van der Waals surface area (Å²) in [5, 5.41) is 9.51. The lowest BCUT2D eigenvalue weighted by Crippen LogP contribution is -2.19. The third-order valence-corrected chi connectivity index (χ3v) is 4.72. The number of carboxylic acid groups (broad SMARTS) is 1. The van der Waals surface area contributed by atoms with Gasteiger partial charge >= 0.3 is 12.1 Å². The zero-order chi connectivity index (χ0) is 22.6. The number of hydrogen-bond donors (Lipinski definition) is 1. The highest BCUT2D eigenvalue weighted by Gasteiger charge is 2.28. The van der Waals surface area contributed by atoms with Crippen LogP contribution in [0.4, 0.5) is 13.2 Å². The van der Waals surface area contributed by atoms with Gasteiger partial charge in [0.05, 0.1) is 10.0 Å². The van der Waals surface area contributed by atoms with Gasteiger partial charge in [-0.15, -0.1) is 0 Å². The number of carboxylic acids is 1. The van der Waals surface area contributed by atoms with Gasteiger partial charge in [-0.2, -0.15) is 13.2 Å². The van der Waals surface area contributed by atoms with E-state index in [2.05, 4.69) is 9.72 Å². The summed E-state index contributed by atoms with van der Waals surface area (Å²) in [6.45, 7) is -1.39. The zero-order valence-electron chi connectivity index (χ0n) is 15.6. The fourth-order valence-electron chi connectivity index (χ4n) is 2.57. The number of alkyl halides is 3. The van der Waals surface area contributed by atoms with Crippen molar-refractivity contribution in [3.8, 4) is 17.2 Å². The average molecular weight is 472 g/mol. The number of carbonyl (C=O) groups is 1. The quantitative estimate of drug-likeness (QED) is 0.431. The first-order chi connectivity index (χ1) is 14.6. The van der Waals surface area contributed by atoms with Crippen LogP contribution < -0.4 is 9.47 Å². The van der Waals surface area contributed by atoms with E-state index in [1.165, 1.54) is 42.6 Å². The van der Waals surface area contributed by atoms with Crippen molar-refractivity contribution < 1.29 is 32.5 Å². The first-order valence-corrected chi connectivity index (χ1v) is 9.50. The molecule has 162 valence electrons. The number of benzene rings is 2. The first-order valence-electron chi connectivity index (χ1n) is 8.74. The van der Waals surface area contributed by atoms with E-state index in [9.17, 15) is 18.0 Å². The second-order valence-electron chi connectivity index (χ2n) is 6.38. The molecule has 1 aromatic heterocycles. The third-order valence-electron chi connectivity index (χ3n) is 4.00. The van der Waals surface area contributed by atoms with Gasteiger partial charge in [0.2, 0.25) is 0 Å². The maximum Gasteiger partial charge on any atom is 0.422 e. The van der Waals surface area contributed by atoms with Crippen molar-refractivity contribution in [1.82, 2.24) is 4.98 Å². The molecule has 0 unspecified atom stereocenters. The highest BCUT2D eigenvalue weighted by molar-refractivity contribution is 6.42. The van der Waals surface area contributed by atoms with E-state index >= 15 is 0 Å². The molecule has 0 saturated carbocycles. The van der Waals surface area contributed by atoms with Crippen LogP contribution in [-0.2, 0) is 6.42 Å². The standard InChI is InChI=1S/C21H14Cl2F3NO4/c22-16-8-13(7-12-1-6-18(20(28)29)27-10-12)19(9-17(16)23)31-15-4-2-14(3-5-15)30-11-21(24,25)26/h1-6,8-10H,7,11H2,(H,28,29). The van der Waals surface area contributed by atoms with E-state index < -0.39 is 18.8 Å². The molecule has 0 spiro atoms. The molecule has 0 saturated heterocycles. The summed E-state index contributed by atoms with van der Waals surface area (Å²) in [5.41, 5.74) is 1.28. The summed E-state index contributed by atoms with van der Waals surface area (Å²) in [6, 6.07) is 11.8. The third kappa shape index (κ3) is 6.50. The molecule has 1 N–H and O–H groups in total. The minimum atomic E-state index is -4.43. The monoisotopic (exact) mass is 471 g/mol. The normalized spacial score (nSPS) is 11.3. The molecule has 2 aromatic carbocycles. The number of ether oxygens (including phenoxy) is 2. The molecule has 0 aliphatic rings. The largest absolute Gasteiger partial charge is 0.484 e. The van der Waals surface area contributed by atoms with Gasteiger partial charge in [0.25, 0.3) is 0 Å². The number of aromatic carboxylic acids is 1. The van der Waals surface area contributed by atoms with Crippen LogP contribution in [0.5, 0.6) is 17.2 Å². The van der Waals surface area contributed by atoms with E-state index in [4.69, 9.17) is 33.0 Å². The molecule has 31 heavy (non-hydrogen) atoms. The molecular formula is C21H14Cl2F3NO4. The van der Waals surface area contributed by atoms with Gasteiger partial charge in [-0.25, -0.2) is 9.78 Å². The molecule has 1 heterocycles. The van der Waals surface area contributed by atoms with Crippen molar-refractivity contribution in [3.63, 3.8) is 0 Å². The Morgan fingerprint density at radius 3 is 2.23 bits per heavy atom. The minimum Gasteiger partial charge on any atom is -0.484 e. The Bertz CT molecular complexity index is 1070. The fourth-order valence-corrected chi connectivity index (χ4v) is 2.91. The molecule has 0 bridgehead atoms. The van der Waals surface area contributed by atoms with Gasteiger partial charge in [0.15, 0.2) is 6.61 Å². The summed E-state index contributed by atoms with van der Waals surface area (Å²) in [5.74, 6) is -0.365. The minimum absolute atomic E-state index is 0.0450. The van der Waals surface area contributed by atoms with Gasteiger partial charge in [0, 0.05) is 24.2 Å². The van der Waals surface area contributed by atoms with Gasteiger partial charge in [-0.1, -0.05) is 29.3 Å². The predicted molar refractivity (Wildman–Crippen MR) is 109 cm³/mol. The van der Waals surface area contributed by atoms with Crippen LogP contribution in [0.1, 0.15) is 21.6 Å². The second-order valence-corrected chi connectivity index (χ2v) is 7.20. The summed E-state index contributed by atoms with van der Waals surface area (Å²) in [4.78, 5) is 14.8. The molecular weight excluding hydrogens is 458 g/mol. The van der Waals surface area contributed by atoms with Gasteiger partial charge in [-0.05, 0) is 42.0 Å². The molecule has 10 heteroatoms. The Labute approximate surface area is 185 Å². The number of aromatic nitrogens is 1. The lowest BCUT2D eigenvalue weighted by atomic mass is 10.1. The number of rotatable bonds is 7. The summed E-state index contributed by atoms with van der Waals surface area (Å²) in [6.07, 6.45) is -2.67. The topological polar surface area (TPSA) is 68.7 Å². The van der Waals surface area contributed by atoms with E-state index in [1.54, 1.807) is 12.1 Å². The van der Waals surface area contributed by atoms with Crippen molar-refractivity contribution in [2.24, 2.45) is 0 Å². The van der Waals surface area contributed by atoms with E-state index in [0.29, 0.717) is 34.1 Å². The number of pyridine rings is 1. The van der Waals surface area contributed by atoms with Crippen molar-refractivity contribution >= 4 is 29.2 Å². The smallest absolute Gasteiger partial charge is 0.422 e. The molecule has 0 fully saturated rings. The van der Waals surface area contributed by atoms with Crippen molar-refractivity contribution in [2.45, 2.75) is 12.6 Å². The summed E-state index contributed by atoms with van der Waals surface area (Å²) < 4.78 is 47.3. The van der Waals surface area contributed by atoms with Crippen molar-refractivity contribution in [2.75, 3.05) is 6.61 Å². The van der Waals surface area contributed by atoms with E-state index in [-0.39, 0.29) is 16.5 Å². The van der Waals surface area contributed by atoms with Crippen LogP contribution in [0, 0.1) is 0 Å². The SMILES string of the molecule is O=C(O)c1ccc(Cc2cc(Cl)c(Cl)cc2Oc2ccc(OCC(F)(F)F)cc2)cn1. The van der Waals surface area contributed by atoms with Crippen LogP contribution in [0.3, 0.4) is 0 Å². The van der Waals surface area contributed by atoms with Crippen molar-refractivity contribution in [1.29, 1.82) is 0 Å². The van der Waals surface area contributed by atoms with Gasteiger partial charge < -0.3 is 14.6 Å². The molecule has 0 radical (unpaired) electrons. The van der Waals surface area contributed by atoms with Crippen LogP contribution in [-0.4, -0.2) is 28.8 Å². The van der Waals surface area contributed by atoms with Gasteiger partial charge in [0.1, 0.15) is 22.9 Å². The van der Waals surface area contributed by atoms with Crippen LogP contribution in [0.25, 0.3) is 0 Å². The predicted octanol–water partition coefficient (Wildman–Crippen LogP) is 6.41. The average Bonchev–Trinajstić information content (AvgIpc) is 2.71. The van der Waals surface area contributed by atoms with Crippen LogP contribution in [0.15, 0.2) is 54.7 Å². The highest BCUT2D eigenvalue weighted by atomic mass is 35.5. The maximum atomic E-state index is 12.3. The molecule has 0 atom stereocenters. The van der Waals surface area contributed by atoms with Crippen molar-refractivity contribution in [3.05, 3.63) is 81.6 Å². The molecule has 0 amide bonds. The lowest BCUT2D eigenvalue weighted by molar-refractivity contribution is -0.153. The van der Waals surface area contributed by atoms with Crippen LogP contribution in [0.2, 0.25) is 10.0 Å². The van der Waals surface area contributed by atoms with E-state index in [0.717, 1.165) is 0 Å². The Morgan fingerprint density at radius 1 is 1.00 bits per heavy atom. The van der Waals surface area contributed by atoms with E-state index in [1.807, 2.05) is 0 Å². The Kier molecular flexibility index (Phi) is 6.92. The number of nitrogens with zero attached hydrogens (tertiary/aromatic N) is 1. The Balaban J connectivity index is 1.79. The molecule has 0 aliphatic carbocycles. The fraction of sp³-hybridized carbons (Fsp3) is 0.143. The molecule has 3 rings (SSSR count). The summed E-state index contributed by atoms with van der Waals surface area (Å²) in [7, 11) is 0. The van der Waals surface area contributed by atoms with Crippen LogP contribution >= 0.6 is 23.2 Å². The number of hydrogen-bond acceptors (Lipinski definition) is 4. The molecule has 5 nitrogen and oxygen atoms in total. The lowest BCUT2D eigenvalue weighted by Gasteiger charge is -2.14. The van der Waals surface area contributed by atoms with Gasteiger partial charge in [-0.3, -0.25) is 0 Å². The Hall–Kier alpha value is -2.97. The second kappa shape index (κ2) is 9.45. The molecule has 3 aromatic rings. The number of halogens is 5.